The van der Waals surface area contributed by atoms with Crippen LogP contribution in [0.2, 0.25) is 0 Å². The summed E-state index contributed by atoms with van der Waals surface area (Å²) < 4.78 is 3.86. The lowest BCUT2D eigenvalue weighted by molar-refractivity contribution is 0.463. The van der Waals surface area contributed by atoms with Gasteiger partial charge in [0.2, 0.25) is 0 Å². The Labute approximate surface area is 131 Å². The zero-order valence-electron chi connectivity index (χ0n) is 11.9. The number of rotatable bonds is 4. The third-order valence-electron chi connectivity index (χ3n) is 3.90. The van der Waals surface area contributed by atoms with Gasteiger partial charge in [-0.25, -0.2) is 4.68 Å². The molecule has 21 heavy (non-hydrogen) atoms. The van der Waals surface area contributed by atoms with Crippen LogP contribution in [-0.2, 0) is 13.6 Å². The Morgan fingerprint density at radius 1 is 1.43 bits per heavy atom. The minimum atomic E-state index is -0.156. The van der Waals surface area contributed by atoms with Gasteiger partial charge in [-0.3, -0.25) is 9.48 Å². The summed E-state index contributed by atoms with van der Waals surface area (Å²) in [5.74, 6) is 0. The number of hydrogen-bond donors (Lipinski definition) is 1. The summed E-state index contributed by atoms with van der Waals surface area (Å²) in [7, 11) is 1.63. The van der Waals surface area contributed by atoms with E-state index in [1.54, 1.807) is 13.2 Å². The summed E-state index contributed by atoms with van der Waals surface area (Å²) in [6.07, 6.45) is 8.72. The van der Waals surface area contributed by atoms with Crippen LogP contribution >= 0.6 is 15.9 Å². The fourth-order valence-corrected chi connectivity index (χ4v) is 3.16. The summed E-state index contributed by atoms with van der Waals surface area (Å²) in [4.78, 5) is 11.8. The molecule has 2 aromatic heterocycles. The molecule has 2 heterocycles. The molecule has 0 saturated heterocycles. The van der Waals surface area contributed by atoms with Crippen LogP contribution in [0.25, 0.3) is 0 Å². The average Bonchev–Trinajstić information content (AvgIpc) is 3.14. The van der Waals surface area contributed by atoms with Crippen LogP contribution in [0.5, 0.6) is 0 Å². The molecule has 0 amide bonds. The van der Waals surface area contributed by atoms with Gasteiger partial charge in [-0.1, -0.05) is 12.8 Å². The quantitative estimate of drug-likeness (QED) is 0.918. The first-order valence-corrected chi connectivity index (χ1v) is 7.94. The highest BCUT2D eigenvalue weighted by molar-refractivity contribution is 9.10. The molecule has 112 valence electrons. The van der Waals surface area contributed by atoms with E-state index in [0.717, 1.165) is 5.69 Å². The van der Waals surface area contributed by atoms with E-state index in [1.807, 2.05) is 12.3 Å². The van der Waals surface area contributed by atoms with Crippen molar-refractivity contribution < 1.29 is 0 Å². The lowest BCUT2D eigenvalue weighted by Crippen LogP contribution is -2.21. The summed E-state index contributed by atoms with van der Waals surface area (Å²) in [6, 6.07) is 2.57. The first-order valence-electron chi connectivity index (χ1n) is 7.15. The Hall–Kier alpha value is -1.63. The molecule has 0 aliphatic heterocycles. The number of anilines is 1. The second kappa shape index (κ2) is 6.01. The lowest BCUT2D eigenvalue weighted by atomic mass is 10.3. The minimum Gasteiger partial charge on any atom is -0.377 e. The van der Waals surface area contributed by atoms with Crippen LogP contribution in [0.3, 0.4) is 0 Å². The van der Waals surface area contributed by atoms with Gasteiger partial charge in [0.1, 0.15) is 4.47 Å². The van der Waals surface area contributed by atoms with E-state index >= 15 is 0 Å². The fraction of sp³-hybridized carbons (Fsp3) is 0.500. The monoisotopic (exact) mass is 351 g/mol. The molecule has 1 saturated carbocycles. The van der Waals surface area contributed by atoms with Crippen LogP contribution in [0.4, 0.5) is 5.69 Å². The lowest BCUT2D eigenvalue weighted by Gasteiger charge is -2.09. The Bertz CT molecular complexity index is 687. The van der Waals surface area contributed by atoms with E-state index in [4.69, 9.17) is 0 Å². The molecule has 1 N–H and O–H groups in total. The van der Waals surface area contributed by atoms with Crippen LogP contribution in [0.1, 0.15) is 37.4 Å². The van der Waals surface area contributed by atoms with Crippen LogP contribution in [-0.4, -0.2) is 19.6 Å². The molecule has 0 aromatic carbocycles. The molecular formula is C14H18BrN5O. The van der Waals surface area contributed by atoms with Gasteiger partial charge in [-0.15, -0.1) is 0 Å². The van der Waals surface area contributed by atoms with Gasteiger partial charge >= 0.3 is 0 Å². The Morgan fingerprint density at radius 2 is 2.19 bits per heavy atom. The molecule has 0 atom stereocenters. The number of aromatic nitrogens is 4. The maximum Gasteiger partial charge on any atom is 0.282 e. The number of aryl methyl sites for hydroxylation is 1. The normalized spacial score (nSPS) is 15.5. The van der Waals surface area contributed by atoms with Gasteiger partial charge in [0.05, 0.1) is 30.2 Å². The van der Waals surface area contributed by atoms with E-state index in [-0.39, 0.29) is 5.56 Å². The third-order valence-corrected chi connectivity index (χ3v) is 4.67. The van der Waals surface area contributed by atoms with Gasteiger partial charge in [-0.05, 0) is 34.8 Å². The zero-order valence-corrected chi connectivity index (χ0v) is 13.5. The summed E-state index contributed by atoms with van der Waals surface area (Å²) in [5.41, 5.74) is 1.50. The third kappa shape index (κ3) is 3.02. The SMILES string of the molecule is Cn1ncc(NCc2ccn(C3CCCC3)n2)c(Br)c1=O. The molecule has 2 aromatic rings. The highest BCUT2D eigenvalue weighted by Gasteiger charge is 2.17. The predicted octanol–water partition coefficient (Wildman–Crippen LogP) is 2.47. The van der Waals surface area contributed by atoms with Crippen molar-refractivity contribution in [1.82, 2.24) is 19.6 Å². The van der Waals surface area contributed by atoms with Crippen molar-refractivity contribution in [3.05, 3.63) is 39.0 Å². The first kappa shape index (κ1) is 14.3. The molecule has 3 rings (SSSR count). The maximum atomic E-state index is 11.8. The molecule has 7 heteroatoms. The van der Waals surface area contributed by atoms with Crippen molar-refractivity contribution in [2.24, 2.45) is 7.05 Å². The number of hydrogen-bond acceptors (Lipinski definition) is 4. The van der Waals surface area contributed by atoms with Crippen LogP contribution in [0.15, 0.2) is 27.7 Å². The molecule has 0 unspecified atom stereocenters. The Kier molecular flexibility index (Phi) is 4.10. The van der Waals surface area contributed by atoms with Crippen molar-refractivity contribution in [1.29, 1.82) is 0 Å². The van der Waals surface area contributed by atoms with E-state index in [1.165, 1.54) is 30.4 Å². The maximum absolute atomic E-state index is 11.8. The topological polar surface area (TPSA) is 64.7 Å². The van der Waals surface area contributed by atoms with Crippen molar-refractivity contribution in [2.75, 3.05) is 5.32 Å². The minimum absolute atomic E-state index is 0.156. The summed E-state index contributed by atoms with van der Waals surface area (Å²) in [6.45, 7) is 0.577. The highest BCUT2D eigenvalue weighted by Crippen LogP contribution is 2.28. The second-order valence-electron chi connectivity index (χ2n) is 5.38. The van der Waals surface area contributed by atoms with E-state index < -0.39 is 0 Å². The Balaban J connectivity index is 1.68. The second-order valence-corrected chi connectivity index (χ2v) is 6.17. The molecule has 0 radical (unpaired) electrons. The van der Waals surface area contributed by atoms with Crippen molar-refractivity contribution >= 4 is 21.6 Å². The van der Waals surface area contributed by atoms with Crippen molar-refractivity contribution in [2.45, 2.75) is 38.3 Å². The molecule has 1 fully saturated rings. The summed E-state index contributed by atoms with van der Waals surface area (Å²) >= 11 is 3.30. The highest BCUT2D eigenvalue weighted by atomic mass is 79.9. The fourth-order valence-electron chi connectivity index (χ4n) is 2.66. The standard InChI is InChI=1S/C14H18BrN5O/c1-19-14(21)13(15)12(9-17-19)16-8-10-6-7-20(18-10)11-4-2-3-5-11/h6-7,9,11,16H,2-5,8H2,1H3. The first-order chi connectivity index (χ1) is 10.1. The number of halogens is 1. The van der Waals surface area contributed by atoms with Gasteiger partial charge in [0.15, 0.2) is 0 Å². The zero-order chi connectivity index (χ0) is 14.8. The van der Waals surface area contributed by atoms with Crippen molar-refractivity contribution in [3.63, 3.8) is 0 Å². The molecule has 1 aliphatic carbocycles. The van der Waals surface area contributed by atoms with Gasteiger partial charge in [0.25, 0.3) is 5.56 Å². The largest absolute Gasteiger partial charge is 0.377 e. The Morgan fingerprint density at radius 3 is 2.95 bits per heavy atom. The molecular weight excluding hydrogens is 334 g/mol. The molecule has 6 nitrogen and oxygen atoms in total. The number of nitrogens with one attached hydrogen (secondary N) is 1. The predicted molar refractivity (Wildman–Crippen MR) is 84.2 cm³/mol. The average molecular weight is 352 g/mol. The van der Waals surface area contributed by atoms with Crippen molar-refractivity contribution in [3.8, 4) is 0 Å². The van der Waals surface area contributed by atoms with E-state index in [0.29, 0.717) is 22.7 Å². The number of nitrogens with zero attached hydrogens (tertiary/aromatic N) is 4. The van der Waals surface area contributed by atoms with Gasteiger partial charge < -0.3 is 5.32 Å². The molecule has 0 spiro atoms. The van der Waals surface area contributed by atoms with Crippen LogP contribution in [0, 0.1) is 0 Å². The van der Waals surface area contributed by atoms with Crippen LogP contribution < -0.4 is 10.9 Å². The van der Waals surface area contributed by atoms with E-state index in [2.05, 4.69) is 36.1 Å². The molecule has 0 bridgehead atoms. The smallest absolute Gasteiger partial charge is 0.282 e. The molecule has 1 aliphatic rings. The van der Waals surface area contributed by atoms with E-state index in [9.17, 15) is 4.79 Å². The summed E-state index contributed by atoms with van der Waals surface area (Å²) in [5, 5.41) is 11.8. The van der Waals surface area contributed by atoms with Gasteiger partial charge in [-0.2, -0.15) is 10.2 Å². The van der Waals surface area contributed by atoms with Gasteiger partial charge in [0, 0.05) is 13.2 Å².